The molecule has 1 aromatic heterocycles. The molecule has 0 spiro atoms. The average Bonchev–Trinajstić information content (AvgIpc) is 3.10. The number of ether oxygens (including phenoxy) is 1. The number of fused-ring (bicyclic) bond motifs is 1. The number of allylic oxidation sites excluding steroid dienone is 3. The van der Waals surface area contributed by atoms with Crippen LogP contribution in [0.2, 0.25) is 5.02 Å². The van der Waals surface area contributed by atoms with Gasteiger partial charge in [-0.1, -0.05) is 43.0 Å². The van der Waals surface area contributed by atoms with Crippen LogP contribution >= 0.6 is 11.6 Å². The van der Waals surface area contributed by atoms with Crippen LogP contribution in [0.3, 0.4) is 0 Å². The standard InChI is InChI=1S/C21H20ClN3O4S/c1-3-16-18(4-2)30(27,28)13-17-19(21(26)24-8-10-29-11-9-24)23-25(20(16)17)15-7-5-6-14(22)12-15/h3-7,12H,1-2,8-11,13H2. The molecule has 0 bridgehead atoms. The van der Waals surface area contributed by atoms with E-state index in [1.165, 1.54) is 12.2 Å². The first-order valence-corrected chi connectivity index (χ1v) is 11.4. The molecule has 30 heavy (non-hydrogen) atoms. The zero-order valence-electron chi connectivity index (χ0n) is 16.2. The molecule has 1 fully saturated rings. The van der Waals surface area contributed by atoms with E-state index in [1.54, 1.807) is 33.8 Å². The predicted molar refractivity (Wildman–Crippen MR) is 115 cm³/mol. The number of benzene rings is 1. The quantitative estimate of drug-likeness (QED) is 0.722. The van der Waals surface area contributed by atoms with Gasteiger partial charge in [0.2, 0.25) is 0 Å². The fourth-order valence-corrected chi connectivity index (χ4v) is 5.50. The number of nitrogens with zero attached hydrogens (tertiary/aromatic N) is 3. The highest BCUT2D eigenvalue weighted by atomic mass is 35.5. The van der Waals surface area contributed by atoms with Gasteiger partial charge in [-0.25, -0.2) is 13.1 Å². The lowest BCUT2D eigenvalue weighted by Crippen LogP contribution is -2.41. The zero-order valence-corrected chi connectivity index (χ0v) is 17.7. The summed E-state index contributed by atoms with van der Waals surface area (Å²) in [7, 11) is -3.70. The molecule has 2 aliphatic rings. The summed E-state index contributed by atoms with van der Waals surface area (Å²) in [6.45, 7) is 9.16. The van der Waals surface area contributed by atoms with Gasteiger partial charge in [-0.2, -0.15) is 5.10 Å². The number of sulfone groups is 1. The molecule has 0 radical (unpaired) electrons. The second-order valence-corrected chi connectivity index (χ2v) is 9.31. The van der Waals surface area contributed by atoms with Crippen LogP contribution in [0.5, 0.6) is 0 Å². The van der Waals surface area contributed by atoms with E-state index >= 15 is 0 Å². The van der Waals surface area contributed by atoms with Crippen molar-refractivity contribution in [1.29, 1.82) is 0 Å². The molecule has 0 atom stereocenters. The fraction of sp³-hybridized carbons (Fsp3) is 0.238. The molecule has 0 unspecified atom stereocenters. The van der Waals surface area contributed by atoms with Gasteiger partial charge in [0.25, 0.3) is 5.91 Å². The van der Waals surface area contributed by atoms with Crippen LogP contribution in [0.15, 0.2) is 54.5 Å². The molecule has 4 rings (SSSR count). The van der Waals surface area contributed by atoms with Crippen molar-refractivity contribution in [3.63, 3.8) is 0 Å². The van der Waals surface area contributed by atoms with Gasteiger partial charge in [0.15, 0.2) is 15.5 Å². The van der Waals surface area contributed by atoms with Crippen LogP contribution in [-0.2, 0) is 20.3 Å². The molecule has 1 amide bonds. The first-order chi connectivity index (χ1) is 14.4. The second kappa shape index (κ2) is 7.86. The normalized spacial score (nSPS) is 18.1. The van der Waals surface area contributed by atoms with Crippen LogP contribution in [0.4, 0.5) is 0 Å². The molecule has 9 heteroatoms. The smallest absolute Gasteiger partial charge is 0.274 e. The van der Waals surface area contributed by atoms with Gasteiger partial charge in [-0.15, -0.1) is 0 Å². The van der Waals surface area contributed by atoms with Crippen LogP contribution in [0.1, 0.15) is 21.7 Å². The van der Waals surface area contributed by atoms with E-state index in [9.17, 15) is 13.2 Å². The van der Waals surface area contributed by atoms with E-state index in [0.717, 1.165) is 0 Å². The fourth-order valence-electron chi connectivity index (χ4n) is 3.73. The van der Waals surface area contributed by atoms with E-state index in [2.05, 4.69) is 18.3 Å². The Kier molecular flexibility index (Phi) is 5.40. The number of carbonyl (C=O) groups excluding carboxylic acids is 1. The molecule has 0 saturated carbocycles. The molecule has 2 aliphatic heterocycles. The zero-order chi connectivity index (χ0) is 21.5. The van der Waals surface area contributed by atoms with Crippen molar-refractivity contribution in [2.24, 2.45) is 0 Å². The van der Waals surface area contributed by atoms with Gasteiger partial charge in [0.05, 0.1) is 35.3 Å². The Hall–Kier alpha value is -2.68. The largest absolute Gasteiger partial charge is 0.378 e. The number of hydrogen-bond donors (Lipinski definition) is 0. The van der Waals surface area contributed by atoms with Crippen LogP contribution in [0, 0.1) is 0 Å². The van der Waals surface area contributed by atoms with Gasteiger partial charge < -0.3 is 9.64 Å². The molecule has 7 nitrogen and oxygen atoms in total. The first-order valence-electron chi connectivity index (χ1n) is 9.34. The summed E-state index contributed by atoms with van der Waals surface area (Å²) < 4.78 is 32.7. The molecule has 156 valence electrons. The topological polar surface area (TPSA) is 81.5 Å². The number of aromatic nitrogens is 2. The van der Waals surface area contributed by atoms with Gasteiger partial charge in [0, 0.05) is 29.2 Å². The van der Waals surface area contributed by atoms with Crippen molar-refractivity contribution < 1.29 is 17.9 Å². The minimum absolute atomic E-state index is 0.0681. The van der Waals surface area contributed by atoms with E-state index < -0.39 is 9.84 Å². The molecule has 1 aromatic carbocycles. The van der Waals surface area contributed by atoms with Crippen molar-refractivity contribution in [2.75, 3.05) is 26.3 Å². The highest BCUT2D eigenvalue weighted by molar-refractivity contribution is 7.95. The Labute approximate surface area is 179 Å². The van der Waals surface area contributed by atoms with Crippen molar-refractivity contribution in [3.05, 3.63) is 76.5 Å². The van der Waals surface area contributed by atoms with Crippen LogP contribution in [0.25, 0.3) is 11.3 Å². The maximum atomic E-state index is 13.3. The third-order valence-electron chi connectivity index (χ3n) is 5.12. The Morgan fingerprint density at radius 3 is 2.57 bits per heavy atom. The summed E-state index contributed by atoms with van der Waals surface area (Å²) in [5.41, 5.74) is 1.94. The molecular weight excluding hydrogens is 426 g/mol. The van der Waals surface area contributed by atoms with Gasteiger partial charge in [0.1, 0.15) is 0 Å². The van der Waals surface area contributed by atoms with Crippen molar-refractivity contribution in [1.82, 2.24) is 14.7 Å². The van der Waals surface area contributed by atoms with E-state index in [-0.39, 0.29) is 22.3 Å². The molecule has 2 aromatic rings. The molecule has 3 heterocycles. The number of rotatable bonds is 4. The summed E-state index contributed by atoms with van der Waals surface area (Å²) in [6, 6.07) is 6.99. The summed E-state index contributed by atoms with van der Waals surface area (Å²) in [5.74, 6) is -0.663. The van der Waals surface area contributed by atoms with Gasteiger partial charge in [-0.3, -0.25) is 4.79 Å². The molecule has 0 aliphatic carbocycles. The number of halogens is 1. The molecule has 1 saturated heterocycles. The van der Waals surface area contributed by atoms with Gasteiger partial charge >= 0.3 is 0 Å². The Morgan fingerprint density at radius 1 is 1.20 bits per heavy atom. The SMILES string of the molecule is C=CC1=C(C=C)S(=O)(=O)Cc2c(C(=O)N3CCOCC3)nn(-c3cccc(Cl)c3)c21. The Bertz CT molecular complexity index is 1190. The molecule has 0 N–H and O–H groups in total. The third-order valence-corrected chi connectivity index (χ3v) is 7.08. The summed E-state index contributed by atoms with van der Waals surface area (Å²) in [5, 5.41) is 5.05. The van der Waals surface area contributed by atoms with Crippen LogP contribution < -0.4 is 0 Å². The number of morpholine rings is 1. The summed E-state index contributed by atoms with van der Waals surface area (Å²) >= 11 is 6.17. The lowest BCUT2D eigenvalue weighted by atomic mass is 10.0. The number of hydrogen-bond acceptors (Lipinski definition) is 5. The van der Waals surface area contributed by atoms with E-state index in [1.807, 2.05) is 0 Å². The second-order valence-electron chi connectivity index (χ2n) is 6.92. The van der Waals surface area contributed by atoms with Crippen molar-refractivity contribution >= 4 is 32.9 Å². The highest BCUT2D eigenvalue weighted by Crippen LogP contribution is 2.38. The number of carbonyl (C=O) groups is 1. The Morgan fingerprint density at radius 2 is 1.93 bits per heavy atom. The maximum absolute atomic E-state index is 13.3. The van der Waals surface area contributed by atoms with E-state index in [4.69, 9.17) is 16.3 Å². The van der Waals surface area contributed by atoms with Crippen molar-refractivity contribution in [3.8, 4) is 5.69 Å². The monoisotopic (exact) mass is 445 g/mol. The Balaban J connectivity index is 1.99. The maximum Gasteiger partial charge on any atom is 0.274 e. The average molecular weight is 446 g/mol. The summed E-state index contributed by atoms with van der Waals surface area (Å²) in [4.78, 5) is 14.9. The molecular formula is C21H20ClN3O4S. The predicted octanol–water partition coefficient (Wildman–Crippen LogP) is 3.01. The highest BCUT2D eigenvalue weighted by Gasteiger charge is 2.37. The third kappa shape index (κ3) is 3.40. The lowest BCUT2D eigenvalue weighted by Gasteiger charge is -2.26. The summed E-state index contributed by atoms with van der Waals surface area (Å²) in [6.07, 6.45) is 2.76. The van der Waals surface area contributed by atoms with E-state index in [0.29, 0.717) is 53.8 Å². The minimum atomic E-state index is -3.70. The van der Waals surface area contributed by atoms with Gasteiger partial charge in [-0.05, 0) is 18.2 Å². The number of amides is 1. The lowest BCUT2D eigenvalue weighted by molar-refractivity contribution is 0.0298. The minimum Gasteiger partial charge on any atom is -0.378 e. The van der Waals surface area contributed by atoms with Crippen LogP contribution in [-0.4, -0.2) is 55.3 Å². The van der Waals surface area contributed by atoms with Crippen molar-refractivity contribution in [2.45, 2.75) is 5.75 Å². The first kappa shape index (κ1) is 20.6.